The maximum absolute atomic E-state index is 11.8. The highest BCUT2D eigenvalue weighted by atomic mass is 16.2. The molecule has 0 aliphatic carbocycles. The maximum Gasteiger partial charge on any atom is 0.224 e. The molecule has 0 bridgehead atoms. The third kappa shape index (κ3) is 3.13. The van der Waals surface area contributed by atoms with Crippen LogP contribution in [-0.2, 0) is 17.6 Å². The fourth-order valence-electron chi connectivity index (χ4n) is 2.65. The average molecular weight is 287 g/mol. The van der Waals surface area contributed by atoms with Crippen molar-refractivity contribution in [2.45, 2.75) is 45.6 Å². The van der Waals surface area contributed by atoms with Crippen LogP contribution in [0.25, 0.3) is 0 Å². The fourth-order valence-corrected chi connectivity index (χ4v) is 2.65. The van der Waals surface area contributed by atoms with Crippen molar-refractivity contribution in [3.8, 4) is 6.07 Å². The molecule has 1 atom stereocenters. The van der Waals surface area contributed by atoms with Gasteiger partial charge >= 0.3 is 0 Å². The van der Waals surface area contributed by atoms with E-state index in [0.717, 1.165) is 37.1 Å². The van der Waals surface area contributed by atoms with Crippen molar-refractivity contribution in [3.63, 3.8) is 0 Å². The summed E-state index contributed by atoms with van der Waals surface area (Å²) < 4.78 is 0. The minimum absolute atomic E-state index is 0.0206. The van der Waals surface area contributed by atoms with Gasteiger partial charge < -0.3 is 10.2 Å². The molecule has 1 aromatic rings. The van der Waals surface area contributed by atoms with Gasteiger partial charge in [0.25, 0.3) is 0 Å². The number of hydrogen-bond acceptors (Lipinski definition) is 5. The lowest BCUT2D eigenvalue weighted by Crippen LogP contribution is -2.41. The summed E-state index contributed by atoms with van der Waals surface area (Å²) in [5, 5.41) is 21.1. The number of nitrogens with zero attached hydrogens (tertiary/aromatic N) is 4. The normalized spacial score (nSPS) is 18.5. The van der Waals surface area contributed by atoms with Crippen LogP contribution < -0.4 is 5.32 Å². The molecular weight excluding hydrogens is 266 g/mol. The standard InChI is InChI=1S/C15H21N5O/c1-4-11-12(9-16)15(19-18-13(11)5-2)17-10-6-7-20(3)14(21)8-10/h10H,4-8H2,1-3H3,(H,17,19). The molecule has 2 rings (SSSR count). The monoisotopic (exact) mass is 287 g/mol. The van der Waals surface area contributed by atoms with Gasteiger partial charge in [0.2, 0.25) is 5.91 Å². The van der Waals surface area contributed by atoms with E-state index in [0.29, 0.717) is 17.8 Å². The number of carbonyl (C=O) groups is 1. The first kappa shape index (κ1) is 15.2. The van der Waals surface area contributed by atoms with E-state index in [1.54, 1.807) is 4.90 Å². The summed E-state index contributed by atoms with van der Waals surface area (Å²) in [4.78, 5) is 13.5. The lowest BCUT2D eigenvalue weighted by atomic mass is 10.0. The molecular formula is C15H21N5O. The van der Waals surface area contributed by atoms with E-state index in [9.17, 15) is 10.1 Å². The molecule has 1 aliphatic heterocycles. The minimum atomic E-state index is 0.0206. The summed E-state index contributed by atoms with van der Waals surface area (Å²) in [5.41, 5.74) is 2.39. The second-order valence-electron chi connectivity index (χ2n) is 5.32. The molecule has 0 aromatic carbocycles. The number of piperidine rings is 1. The quantitative estimate of drug-likeness (QED) is 0.907. The van der Waals surface area contributed by atoms with E-state index in [1.807, 2.05) is 20.9 Å². The Labute approximate surface area is 125 Å². The van der Waals surface area contributed by atoms with Crippen molar-refractivity contribution >= 4 is 11.7 Å². The Hall–Kier alpha value is -2.16. The third-order valence-electron chi connectivity index (χ3n) is 3.96. The van der Waals surface area contributed by atoms with E-state index in [2.05, 4.69) is 21.6 Å². The highest BCUT2D eigenvalue weighted by Crippen LogP contribution is 2.22. The third-order valence-corrected chi connectivity index (χ3v) is 3.96. The van der Waals surface area contributed by atoms with Crippen molar-refractivity contribution in [1.29, 1.82) is 5.26 Å². The van der Waals surface area contributed by atoms with Gasteiger partial charge in [0, 0.05) is 26.1 Å². The molecule has 0 radical (unpaired) electrons. The Bertz CT molecular complexity index is 578. The van der Waals surface area contributed by atoms with E-state index in [1.165, 1.54) is 0 Å². The molecule has 1 amide bonds. The van der Waals surface area contributed by atoms with E-state index < -0.39 is 0 Å². The van der Waals surface area contributed by atoms with Gasteiger partial charge in [0.15, 0.2) is 5.82 Å². The van der Waals surface area contributed by atoms with Crippen LogP contribution in [0.15, 0.2) is 0 Å². The second-order valence-corrected chi connectivity index (χ2v) is 5.32. The van der Waals surface area contributed by atoms with Crippen molar-refractivity contribution < 1.29 is 4.79 Å². The number of amides is 1. The average Bonchev–Trinajstić information content (AvgIpc) is 2.50. The highest BCUT2D eigenvalue weighted by molar-refractivity contribution is 5.78. The zero-order valence-corrected chi connectivity index (χ0v) is 12.8. The Morgan fingerprint density at radius 1 is 1.38 bits per heavy atom. The van der Waals surface area contributed by atoms with Gasteiger partial charge in [-0.1, -0.05) is 13.8 Å². The maximum atomic E-state index is 11.8. The SMILES string of the molecule is CCc1nnc(NC2CCN(C)C(=O)C2)c(C#N)c1CC. The molecule has 1 N–H and O–H groups in total. The summed E-state index contributed by atoms with van der Waals surface area (Å²) in [6.45, 7) is 4.74. The highest BCUT2D eigenvalue weighted by Gasteiger charge is 2.25. The first-order valence-electron chi connectivity index (χ1n) is 7.39. The van der Waals surface area contributed by atoms with Gasteiger partial charge in [-0.05, 0) is 24.8 Å². The van der Waals surface area contributed by atoms with Gasteiger partial charge in [-0.3, -0.25) is 4.79 Å². The minimum Gasteiger partial charge on any atom is -0.364 e. The van der Waals surface area contributed by atoms with Crippen molar-refractivity contribution in [2.75, 3.05) is 18.9 Å². The lowest BCUT2D eigenvalue weighted by molar-refractivity contribution is -0.132. The van der Waals surface area contributed by atoms with Crippen LogP contribution in [0, 0.1) is 11.3 Å². The van der Waals surface area contributed by atoms with Crippen molar-refractivity contribution in [1.82, 2.24) is 15.1 Å². The summed E-state index contributed by atoms with van der Waals surface area (Å²) >= 11 is 0. The number of nitrogens with one attached hydrogen (secondary N) is 1. The lowest BCUT2D eigenvalue weighted by Gasteiger charge is -2.29. The number of nitriles is 1. The number of carbonyl (C=O) groups excluding carboxylic acids is 1. The molecule has 0 saturated carbocycles. The number of anilines is 1. The predicted octanol–water partition coefficient (Wildman–Crippen LogP) is 1.51. The van der Waals surface area contributed by atoms with E-state index in [-0.39, 0.29) is 11.9 Å². The van der Waals surface area contributed by atoms with Crippen LogP contribution in [0.4, 0.5) is 5.82 Å². The Morgan fingerprint density at radius 3 is 2.71 bits per heavy atom. The molecule has 6 nitrogen and oxygen atoms in total. The van der Waals surface area contributed by atoms with Gasteiger partial charge in [0.1, 0.15) is 11.6 Å². The molecule has 1 unspecified atom stereocenters. The zero-order valence-electron chi connectivity index (χ0n) is 12.8. The van der Waals surface area contributed by atoms with E-state index >= 15 is 0 Å². The molecule has 1 fully saturated rings. The van der Waals surface area contributed by atoms with E-state index in [4.69, 9.17) is 0 Å². The summed E-state index contributed by atoms with van der Waals surface area (Å²) in [7, 11) is 1.81. The number of aromatic nitrogens is 2. The largest absolute Gasteiger partial charge is 0.364 e. The molecule has 1 saturated heterocycles. The van der Waals surface area contributed by atoms with Gasteiger partial charge in [-0.25, -0.2) is 0 Å². The summed E-state index contributed by atoms with van der Waals surface area (Å²) in [6.07, 6.45) is 2.80. The van der Waals surface area contributed by atoms with Crippen molar-refractivity contribution in [2.24, 2.45) is 0 Å². The molecule has 1 aromatic heterocycles. The molecule has 6 heteroatoms. The molecule has 1 aliphatic rings. The van der Waals surface area contributed by atoms with Crippen LogP contribution in [0.1, 0.15) is 43.5 Å². The molecule has 112 valence electrons. The van der Waals surface area contributed by atoms with Crippen molar-refractivity contribution in [3.05, 3.63) is 16.8 Å². The van der Waals surface area contributed by atoms with Gasteiger partial charge in [-0.15, -0.1) is 5.10 Å². The Morgan fingerprint density at radius 2 is 2.14 bits per heavy atom. The zero-order chi connectivity index (χ0) is 15.4. The van der Waals surface area contributed by atoms with Gasteiger partial charge in [-0.2, -0.15) is 10.4 Å². The topological polar surface area (TPSA) is 81.9 Å². The summed E-state index contributed by atoms with van der Waals surface area (Å²) in [6, 6.07) is 2.26. The Balaban J connectivity index is 2.25. The van der Waals surface area contributed by atoms with Crippen LogP contribution >= 0.6 is 0 Å². The van der Waals surface area contributed by atoms with Crippen LogP contribution in [-0.4, -0.2) is 40.6 Å². The smallest absolute Gasteiger partial charge is 0.224 e. The first-order valence-corrected chi connectivity index (χ1v) is 7.39. The summed E-state index contributed by atoms with van der Waals surface area (Å²) in [5.74, 6) is 0.625. The second kappa shape index (κ2) is 6.53. The van der Waals surface area contributed by atoms with Crippen LogP contribution in [0.2, 0.25) is 0 Å². The van der Waals surface area contributed by atoms with Crippen LogP contribution in [0.5, 0.6) is 0 Å². The predicted molar refractivity (Wildman–Crippen MR) is 79.8 cm³/mol. The molecule has 2 heterocycles. The molecule has 21 heavy (non-hydrogen) atoms. The first-order chi connectivity index (χ1) is 10.1. The molecule has 0 spiro atoms. The number of likely N-dealkylation sites (tertiary alicyclic amines) is 1. The number of rotatable bonds is 4. The number of hydrogen-bond donors (Lipinski definition) is 1. The Kier molecular flexibility index (Phi) is 4.73. The number of aryl methyl sites for hydroxylation is 1. The van der Waals surface area contributed by atoms with Gasteiger partial charge in [0.05, 0.1) is 5.69 Å². The fraction of sp³-hybridized carbons (Fsp3) is 0.600. The van der Waals surface area contributed by atoms with Crippen LogP contribution in [0.3, 0.4) is 0 Å².